The Morgan fingerprint density at radius 1 is 1.23 bits per heavy atom. The molecule has 2 saturated carbocycles. The smallest absolute Gasteiger partial charge is 0.287 e. The molecule has 1 aliphatic heterocycles. The summed E-state index contributed by atoms with van der Waals surface area (Å²) in [4.78, 5) is 66.6. The highest BCUT2D eigenvalue weighted by atomic mass is 16.2. The molecule has 0 aromatic carbocycles. The molecule has 1 heterocycles. The lowest BCUT2D eigenvalue weighted by Crippen LogP contribution is -2.57. The van der Waals surface area contributed by atoms with Crippen molar-refractivity contribution < 1.29 is 24.0 Å². The summed E-state index contributed by atoms with van der Waals surface area (Å²) in [6, 6.07) is -2.74. The van der Waals surface area contributed by atoms with E-state index in [0.29, 0.717) is 13.0 Å². The molecule has 0 aromatic rings. The number of likely N-dealkylation sites (tertiary alicyclic amines) is 1. The molecule has 5 atom stereocenters. The number of nitrogens with zero attached hydrogens (tertiary/aromatic N) is 2. The molecule has 170 valence electrons. The number of hydrogen-bond acceptors (Lipinski definition) is 6. The molecule has 0 bridgehead atoms. The number of piperidine rings is 1. The Bertz CT molecular complexity index is 850. The van der Waals surface area contributed by atoms with Gasteiger partial charge in [0.25, 0.3) is 5.91 Å². The first-order valence-electron chi connectivity index (χ1n) is 10.8. The lowest BCUT2D eigenvalue weighted by Gasteiger charge is -2.35. The summed E-state index contributed by atoms with van der Waals surface area (Å²) in [6.07, 6.45) is 3.74. The average Bonchev–Trinajstić information content (AvgIpc) is 3.50. The highest BCUT2D eigenvalue weighted by molar-refractivity contribution is 6.37. The molecular formula is C22H32N4O5. The SMILES string of the molecule is CC(C)(C)[C@H](N=C=O)C(=O)N1C[C@H]2[C@@H]([C@H]1C(=O)NC(CC1CC1)C(=O)C(N)=O)C2(C)C. The number of carbonyl (C=O) groups excluding carboxylic acids is 5. The van der Waals surface area contributed by atoms with Crippen molar-refractivity contribution in [1.29, 1.82) is 0 Å². The van der Waals surface area contributed by atoms with E-state index in [2.05, 4.69) is 10.3 Å². The van der Waals surface area contributed by atoms with E-state index in [0.717, 1.165) is 12.8 Å². The van der Waals surface area contributed by atoms with Crippen LogP contribution in [0.5, 0.6) is 0 Å². The minimum absolute atomic E-state index is 0.0671. The number of isocyanates is 1. The van der Waals surface area contributed by atoms with Gasteiger partial charge in [0.05, 0.1) is 6.04 Å². The molecule has 0 radical (unpaired) electrons. The van der Waals surface area contributed by atoms with Gasteiger partial charge in [-0.3, -0.25) is 19.2 Å². The number of ketones is 1. The zero-order valence-electron chi connectivity index (χ0n) is 18.8. The van der Waals surface area contributed by atoms with Gasteiger partial charge in [0.15, 0.2) is 0 Å². The molecule has 3 rings (SSSR count). The molecule has 0 aromatic heterocycles. The van der Waals surface area contributed by atoms with Crippen LogP contribution < -0.4 is 11.1 Å². The first kappa shape index (κ1) is 23.1. The van der Waals surface area contributed by atoms with Crippen molar-refractivity contribution in [2.45, 2.75) is 72.0 Å². The molecule has 0 spiro atoms. The molecule has 1 saturated heterocycles. The van der Waals surface area contributed by atoms with E-state index >= 15 is 0 Å². The van der Waals surface area contributed by atoms with Crippen molar-refractivity contribution in [2.75, 3.05) is 6.54 Å². The molecule has 2 aliphatic carbocycles. The maximum Gasteiger partial charge on any atom is 0.287 e. The van der Waals surface area contributed by atoms with Crippen LogP contribution >= 0.6 is 0 Å². The van der Waals surface area contributed by atoms with Crippen LogP contribution in [0.2, 0.25) is 0 Å². The quantitative estimate of drug-likeness (QED) is 0.328. The van der Waals surface area contributed by atoms with Gasteiger partial charge in [0.2, 0.25) is 23.7 Å². The van der Waals surface area contributed by atoms with Crippen LogP contribution in [0, 0.1) is 28.6 Å². The Morgan fingerprint density at radius 3 is 2.32 bits per heavy atom. The number of primary amides is 1. The third-order valence-electron chi connectivity index (χ3n) is 7.14. The van der Waals surface area contributed by atoms with Gasteiger partial charge in [-0.25, -0.2) is 4.79 Å². The van der Waals surface area contributed by atoms with E-state index in [-0.39, 0.29) is 23.2 Å². The molecule has 3 amide bonds. The van der Waals surface area contributed by atoms with E-state index in [9.17, 15) is 24.0 Å². The van der Waals surface area contributed by atoms with E-state index in [1.54, 1.807) is 20.8 Å². The largest absolute Gasteiger partial charge is 0.363 e. The molecular weight excluding hydrogens is 400 g/mol. The predicted molar refractivity (Wildman–Crippen MR) is 111 cm³/mol. The molecule has 31 heavy (non-hydrogen) atoms. The fraction of sp³-hybridized carbons (Fsp3) is 0.773. The highest BCUT2D eigenvalue weighted by Gasteiger charge is 2.69. The van der Waals surface area contributed by atoms with Gasteiger partial charge in [-0.15, -0.1) is 0 Å². The Kier molecular flexibility index (Phi) is 5.86. The number of Topliss-reactive ketones (excluding diaryl/α,β-unsaturated/α-hetero) is 1. The maximum absolute atomic E-state index is 13.3. The van der Waals surface area contributed by atoms with Gasteiger partial charge < -0.3 is 16.0 Å². The first-order valence-corrected chi connectivity index (χ1v) is 10.8. The van der Waals surface area contributed by atoms with Crippen LogP contribution in [0.25, 0.3) is 0 Å². The molecule has 3 N–H and O–H groups in total. The van der Waals surface area contributed by atoms with Crippen molar-refractivity contribution in [3.05, 3.63) is 0 Å². The zero-order chi connectivity index (χ0) is 23.3. The third kappa shape index (κ3) is 4.42. The second-order valence-electron chi connectivity index (χ2n) is 10.8. The second-order valence-corrected chi connectivity index (χ2v) is 10.8. The van der Waals surface area contributed by atoms with Crippen molar-refractivity contribution in [2.24, 2.45) is 39.3 Å². The monoisotopic (exact) mass is 432 g/mol. The van der Waals surface area contributed by atoms with Crippen molar-refractivity contribution in [1.82, 2.24) is 10.2 Å². The predicted octanol–water partition coefficient (Wildman–Crippen LogP) is 0.559. The number of carbonyl (C=O) groups is 4. The fourth-order valence-corrected chi connectivity index (χ4v) is 4.99. The van der Waals surface area contributed by atoms with E-state index in [1.165, 1.54) is 11.0 Å². The molecule has 3 fully saturated rings. The Hall–Kier alpha value is -2.54. The van der Waals surface area contributed by atoms with Crippen molar-refractivity contribution in [3.8, 4) is 0 Å². The lowest BCUT2D eigenvalue weighted by molar-refractivity contribution is -0.144. The Morgan fingerprint density at radius 2 is 1.84 bits per heavy atom. The van der Waals surface area contributed by atoms with E-state index in [1.807, 2.05) is 13.8 Å². The zero-order valence-corrected chi connectivity index (χ0v) is 18.8. The van der Waals surface area contributed by atoms with Gasteiger partial charge in [-0.05, 0) is 35.0 Å². The summed E-state index contributed by atoms with van der Waals surface area (Å²) in [5, 5.41) is 2.71. The lowest BCUT2D eigenvalue weighted by atomic mass is 9.85. The summed E-state index contributed by atoms with van der Waals surface area (Å²) in [5.41, 5.74) is 4.43. The fourth-order valence-electron chi connectivity index (χ4n) is 4.99. The van der Waals surface area contributed by atoms with Crippen LogP contribution in [0.15, 0.2) is 4.99 Å². The number of hydrogen-bond donors (Lipinski definition) is 2. The minimum atomic E-state index is -1.08. The van der Waals surface area contributed by atoms with Crippen LogP contribution in [0.4, 0.5) is 0 Å². The van der Waals surface area contributed by atoms with Gasteiger partial charge >= 0.3 is 0 Å². The Labute approximate surface area is 182 Å². The van der Waals surface area contributed by atoms with Gasteiger partial charge in [0.1, 0.15) is 12.1 Å². The molecule has 1 unspecified atom stereocenters. The summed E-state index contributed by atoms with van der Waals surface area (Å²) < 4.78 is 0. The topological polar surface area (TPSA) is 139 Å². The minimum Gasteiger partial charge on any atom is -0.363 e. The number of nitrogens with two attached hydrogens (primary N) is 1. The van der Waals surface area contributed by atoms with E-state index in [4.69, 9.17) is 5.73 Å². The second kappa shape index (κ2) is 7.86. The third-order valence-corrected chi connectivity index (χ3v) is 7.14. The van der Waals surface area contributed by atoms with Crippen LogP contribution in [0.3, 0.4) is 0 Å². The highest BCUT2D eigenvalue weighted by Crippen LogP contribution is 2.65. The summed E-state index contributed by atoms with van der Waals surface area (Å²) in [5.74, 6) is -2.41. The van der Waals surface area contributed by atoms with Gasteiger partial charge in [0, 0.05) is 6.54 Å². The van der Waals surface area contributed by atoms with Crippen LogP contribution in [-0.2, 0) is 24.0 Å². The summed E-state index contributed by atoms with van der Waals surface area (Å²) >= 11 is 0. The van der Waals surface area contributed by atoms with Crippen LogP contribution in [-0.4, -0.2) is 59.2 Å². The van der Waals surface area contributed by atoms with Gasteiger partial charge in [-0.1, -0.05) is 47.5 Å². The van der Waals surface area contributed by atoms with Crippen molar-refractivity contribution in [3.63, 3.8) is 0 Å². The van der Waals surface area contributed by atoms with Crippen molar-refractivity contribution >= 4 is 29.6 Å². The normalized spacial score (nSPS) is 28.0. The first-order chi connectivity index (χ1) is 14.3. The van der Waals surface area contributed by atoms with Crippen LogP contribution in [0.1, 0.15) is 53.9 Å². The summed E-state index contributed by atoms with van der Waals surface area (Å²) in [6.45, 7) is 9.86. The molecule has 3 aliphatic rings. The summed E-state index contributed by atoms with van der Waals surface area (Å²) in [7, 11) is 0. The number of amides is 3. The Balaban J connectivity index is 1.85. The standard InChI is InChI=1S/C22H32N4O5/c1-21(2,3)17(24-10-27)20(31)26-9-12-14(22(12,4)5)15(26)19(30)25-13(8-11-6-7-11)16(28)18(23)29/h11-15,17H,6-9H2,1-5H3,(H2,23,29)(H,25,30)/t12-,13?,14-,15-,17+/m0/s1. The average molecular weight is 433 g/mol. The number of nitrogens with one attached hydrogen (secondary N) is 1. The molecule has 9 nitrogen and oxygen atoms in total. The van der Waals surface area contributed by atoms with Gasteiger partial charge in [-0.2, -0.15) is 4.99 Å². The number of fused-ring (bicyclic) bond motifs is 1. The number of aliphatic imine (C=N–C) groups is 1. The molecule has 9 heteroatoms. The number of rotatable bonds is 8. The maximum atomic E-state index is 13.3. The van der Waals surface area contributed by atoms with E-state index < -0.39 is 47.0 Å².